The van der Waals surface area contributed by atoms with E-state index in [1.165, 1.54) is 5.56 Å². The number of nitrogens with zero attached hydrogens (tertiary/aromatic N) is 3. The molecule has 2 saturated heterocycles. The summed E-state index contributed by atoms with van der Waals surface area (Å²) in [7, 11) is 0. The number of rotatable bonds is 4. The number of morpholine rings is 1. The molecule has 0 radical (unpaired) electrons. The van der Waals surface area contributed by atoms with Crippen LogP contribution in [0.3, 0.4) is 0 Å². The van der Waals surface area contributed by atoms with Crippen LogP contribution in [0.15, 0.2) is 41.4 Å². The normalized spacial score (nSPS) is 19.7. The van der Waals surface area contributed by atoms with Crippen LogP contribution < -0.4 is 0 Å². The Bertz CT molecular complexity index is 1010. The number of pyridine rings is 1. The number of ether oxygens (including phenoxy) is 1. The largest absolute Gasteiger partial charge is 0.490 e. The van der Waals surface area contributed by atoms with Gasteiger partial charge in [0.1, 0.15) is 6.61 Å². The van der Waals surface area contributed by atoms with Gasteiger partial charge < -0.3 is 19.8 Å². The minimum Gasteiger partial charge on any atom is -0.475 e. The number of carboxylic acids is 2. The Morgan fingerprint density at radius 2 is 1.54 bits per heavy atom. The molecule has 2 N–H and O–H groups in total. The van der Waals surface area contributed by atoms with E-state index >= 15 is 0 Å². The van der Waals surface area contributed by atoms with Crippen molar-refractivity contribution in [2.75, 3.05) is 19.7 Å². The van der Waals surface area contributed by atoms with Crippen LogP contribution in [0.2, 0.25) is 0 Å². The van der Waals surface area contributed by atoms with Crippen molar-refractivity contribution in [3.8, 4) is 0 Å². The second-order valence-electron chi connectivity index (χ2n) is 7.73. The van der Waals surface area contributed by atoms with E-state index in [4.69, 9.17) is 24.5 Å². The number of carbonyl (C=O) groups excluding carboxylic acids is 1. The third-order valence-electron chi connectivity index (χ3n) is 5.03. The van der Waals surface area contributed by atoms with Crippen molar-refractivity contribution in [1.29, 1.82) is 0 Å². The molecule has 2 aromatic heterocycles. The van der Waals surface area contributed by atoms with E-state index in [1.807, 2.05) is 17.0 Å². The highest BCUT2D eigenvalue weighted by Gasteiger charge is 2.43. The molecule has 0 unspecified atom stereocenters. The second kappa shape index (κ2) is 12.8. The number of carbonyl (C=O) groups is 3. The van der Waals surface area contributed by atoms with Gasteiger partial charge >= 0.3 is 24.3 Å². The Balaban J connectivity index is 0.000000286. The summed E-state index contributed by atoms with van der Waals surface area (Å²) < 4.78 is 69.3. The molecule has 37 heavy (non-hydrogen) atoms. The summed E-state index contributed by atoms with van der Waals surface area (Å²) in [5, 5.41) is 18.5. The highest BCUT2D eigenvalue weighted by Crippen LogP contribution is 2.26. The van der Waals surface area contributed by atoms with Gasteiger partial charge in [0.25, 0.3) is 0 Å². The number of hydrogen-bond donors (Lipinski definition) is 2. The van der Waals surface area contributed by atoms with Gasteiger partial charge in [-0.25, -0.2) is 9.59 Å². The van der Waals surface area contributed by atoms with Crippen molar-refractivity contribution in [3.63, 3.8) is 0 Å². The Kier molecular flexibility index (Phi) is 10.4. The van der Waals surface area contributed by atoms with E-state index in [0.29, 0.717) is 6.54 Å². The zero-order valence-electron chi connectivity index (χ0n) is 18.8. The van der Waals surface area contributed by atoms with Gasteiger partial charge in [0.2, 0.25) is 5.91 Å². The molecule has 16 heteroatoms. The first-order valence-electron chi connectivity index (χ1n) is 10.3. The number of amides is 1. The average Bonchev–Trinajstić information content (AvgIpc) is 3.46. The van der Waals surface area contributed by atoms with Crippen molar-refractivity contribution >= 4 is 29.2 Å². The van der Waals surface area contributed by atoms with Crippen LogP contribution in [-0.4, -0.2) is 87.0 Å². The fourth-order valence-corrected chi connectivity index (χ4v) is 4.06. The van der Waals surface area contributed by atoms with Crippen LogP contribution >= 0.6 is 11.3 Å². The average molecular weight is 557 g/mol. The molecule has 0 aromatic carbocycles. The molecule has 2 fully saturated rings. The first-order valence-corrected chi connectivity index (χ1v) is 11.3. The number of hydrogen-bond acceptors (Lipinski definition) is 7. The molecule has 2 aliphatic heterocycles. The lowest BCUT2D eigenvalue weighted by atomic mass is 10.1. The Morgan fingerprint density at radius 1 is 0.973 bits per heavy atom. The molecular formula is C21H21F6N3O6S. The summed E-state index contributed by atoms with van der Waals surface area (Å²) in [6, 6.07) is 6.24. The Hall–Kier alpha value is -3.24. The van der Waals surface area contributed by atoms with Crippen LogP contribution in [0.5, 0.6) is 0 Å². The number of likely N-dealkylation sites (tertiary alicyclic amines) is 1. The second-order valence-corrected chi connectivity index (χ2v) is 8.51. The molecule has 2 aromatic rings. The van der Waals surface area contributed by atoms with Crippen molar-refractivity contribution in [2.24, 2.45) is 0 Å². The van der Waals surface area contributed by atoms with Crippen molar-refractivity contribution in [1.82, 2.24) is 14.8 Å². The molecule has 0 spiro atoms. The lowest BCUT2D eigenvalue weighted by molar-refractivity contribution is -0.193. The van der Waals surface area contributed by atoms with Gasteiger partial charge in [-0.2, -0.15) is 37.7 Å². The van der Waals surface area contributed by atoms with Gasteiger partial charge in [0, 0.05) is 38.6 Å². The third kappa shape index (κ3) is 9.62. The van der Waals surface area contributed by atoms with Crippen molar-refractivity contribution in [2.45, 2.75) is 37.6 Å². The summed E-state index contributed by atoms with van der Waals surface area (Å²) >= 11 is 1.72. The van der Waals surface area contributed by atoms with Gasteiger partial charge in [-0.15, -0.1) is 0 Å². The van der Waals surface area contributed by atoms with Gasteiger partial charge in [0.05, 0.1) is 12.1 Å². The minimum absolute atomic E-state index is 0.0837. The first kappa shape index (κ1) is 30.0. The van der Waals surface area contributed by atoms with Gasteiger partial charge in [-0.1, -0.05) is 0 Å². The topological polar surface area (TPSA) is 120 Å². The van der Waals surface area contributed by atoms with Gasteiger partial charge in [0.15, 0.2) is 0 Å². The first-order chi connectivity index (χ1) is 17.2. The van der Waals surface area contributed by atoms with Crippen LogP contribution in [0.4, 0.5) is 26.3 Å². The fourth-order valence-electron chi connectivity index (χ4n) is 3.40. The number of aliphatic carboxylic acids is 2. The third-order valence-corrected chi connectivity index (χ3v) is 5.76. The summed E-state index contributed by atoms with van der Waals surface area (Å²) in [4.78, 5) is 38.5. The fraction of sp³-hybridized carbons (Fsp3) is 0.429. The van der Waals surface area contributed by atoms with Crippen LogP contribution in [0, 0.1) is 0 Å². The lowest BCUT2D eigenvalue weighted by Gasteiger charge is -2.36. The Morgan fingerprint density at radius 3 is 2.03 bits per heavy atom. The van der Waals surface area contributed by atoms with Crippen LogP contribution in [0.1, 0.15) is 11.1 Å². The van der Waals surface area contributed by atoms with Crippen molar-refractivity contribution < 1.29 is 55.7 Å². The molecule has 0 saturated carbocycles. The predicted octanol–water partition coefficient (Wildman–Crippen LogP) is 3.02. The highest BCUT2D eigenvalue weighted by molar-refractivity contribution is 7.07. The van der Waals surface area contributed by atoms with E-state index < -0.39 is 24.3 Å². The maximum Gasteiger partial charge on any atom is 0.490 e. The molecule has 0 aliphatic carbocycles. The Labute approximate surface area is 209 Å². The number of thiophene rings is 1. The van der Waals surface area contributed by atoms with E-state index in [2.05, 4.69) is 26.7 Å². The molecule has 0 bridgehead atoms. The summed E-state index contributed by atoms with van der Waals surface area (Å²) in [6.45, 7) is 3.52. The number of alkyl halides is 6. The van der Waals surface area contributed by atoms with Crippen molar-refractivity contribution in [3.05, 3.63) is 52.5 Å². The monoisotopic (exact) mass is 557 g/mol. The quantitative estimate of drug-likeness (QED) is 0.551. The maximum absolute atomic E-state index is 12.3. The van der Waals surface area contributed by atoms with E-state index in [9.17, 15) is 31.1 Å². The molecule has 4 rings (SSSR count). The smallest absolute Gasteiger partial charge is 0.475 e. The van der Waals surface area contributed by atoms with Crippen LogP contribution in [0.25, 0.3) is 0 Å². The van der Waals surface area contributed by atoms with Crippen LogP contribution in [-0.2, 0) is 32.2 Å². The maximum atomic E-state index is 12.3. The molecule has 2 atom stereocenters. The number of halogens is 6. The number of aromatic nitrogens is 1. The molecule has 204 valence electrons. The summed E-state index contributed by atoms with van der Waals surface area (Å²) in [5.74, 6) is -5.43. The zero-order valence-corrected chi connectivity index (χ0v) is 19.6. The number of fused-ring (bicyclic) bond motifs is 1. The SMILES string of the molecule is O=C(O)C(F)(F)F.O=C(O)C(F)(F)F.O=C1CO[C@@H]2CN(Cc3ccsc3)C[C@H]2N1Cc1ccncc1. The number of carboxylic acid groups (broad SMARTS) is 2. The van der Waals surface area contributed by atoms with E-state index in [-0.39, 0.29) is 24.7 Å². The van der Waals surface area contributed by atoms with E-state index in [1.54, 1.807) is 23.7 Å². The molecule has 2 aliphatic rings. The minimum atomic E-state index is -5.08. The molecule has 1 amide bonds. The zero-order chi connectivity index (χ0) is 27.8. The van der Waals surface area contributed by atoms with E-state index in [0.717, 1.165) is 25.2 Å². The lowest BCUT2D eigenvalue weighted by Crippen LogP contribution is -2.53. The highest BCUT2D eigenvalue weighted by atomic mass is 32.1. The molecule has 4 heterocycles. The summed E-state index contributed by atoms with van der Waals surface area (Å²) in [5.41, 5.74) is 2.45. The predicted molar refractivity (Wildman–Crippen MR) is 115 cm³/mol. The molecular weight excluding hydrogens is 536 g/mol. The molecule has 9 nitrogen and oxygen atoms in total. The van der Waals surface area contributed by atoms with Gasteiger partial charge in [-0.05, 0) is 40.1 Å². The van der Waals surface area contributed by atoms with Gasteiger partial charge in [-0.3, -0.25) is 14.7 Å². The summed E-state index contributed by atoms with van der Waals surface area (Å²) in [6.07, 6.45) is -6.50. The standard InChI is InChI=1S/C17H19N3O2S.2C2HF3O2/c21-17-11-22-16-10-19(7-14-3-6-23-12-14)9-15(16)20(17)8-13-1-4-18-5-2-13;2*3-2(4,5)1(6)7/h1-6,12,15-16H,7-11H2;2*(H,6,7)/t15-,16-;;/m1../s1.